The van der Waals surface area contributed by atoms with Crippen molar-refractivity contribution >= 4 is 0 Å². The highest BCUT2D eigenvalue weighted by atomic mass is 16.5. The Bertz CT molecular complexity index is 788. The molecule has 6 nitrogen and oxygen atoms in total. The molecule has 3 unspecified atom stereocenters. The van der Waals surface area contributed by atoms with Gasteiger partial charge < -0.3 is 9.64 Å². The summed E-state index contributed by atoms with van der Waals surface area (Å²) in [5.41, 5.74) is 3.34. The number of likely N-dealkylation sites (tertiary alicyclic amines) is 1. The zero-order valence-corrected chi connectivity index (χ0v) is 17.9. The molecule has 0 bridgehead atoms. The Morgan fingerprint density at radius 2 is 1.96 bits per heavy atom. The highest BCUT2D eigenvalue weighted by Crippen LogP contribution is 2.40. The molecule has 6 heteroatoms. The first-order valence-corrected chi connectivity index (χ1v) is 10.5. The van der Waals surface area contributed by atoms with Crippen LogP contribution in [0.4, 0.5) is 0 Å². The molecule has 0 radical (unpaired) electrons. The lowest BCUT2D eigenvalue weighted by molar-refractivity contribution is 0.139. The minimum absolute atomic E-state index is 0.267. The van der Waals surface area contributed by atoms with Gasteiger partial charge in [-0.1, -0.05) is 20.8 Å². The predicted molar refractivity (Wildman–Crippen MR) is 110 cm³/mol. The second kappa shape index (κ2) is 7.47. The SMILES string of the molecule is Cc1cnn(C)c1-c1ccc(OC2CCC3CN(CCC(C)(C)C)CC32)nn1. The van der Waals surface area contributed by atoms with Crippen LogP contribution in [-0.4, -0.2) is 50.6 Å². The van der Waals surface area contributed by atoms with Gasteiger partial charge in [0, 0.05) is 32.1 Å². The van der Waals surface area contributed by atoms with Gasteiger partial charge in [-0.25, -0.2) is 0 Å². The van der Waals surface area contributed by atoms with Gasteiger partial charge in [0.05, 0.1) is 11.9 Å². The van der Waals surface area contributed by atoms with Crippen LogP contribution in [0.1, 0.15) is 45.6 Å². The maximum absolute atomic E-state index is 6.29. The second-order valence-electron chi connectivity index (χ2n) is 9.78. The van der Waals surface area contributed by atoms with E-state index in [9.17, 15) is 0 Å². The van der Waals surface area contributed by atoms with Crippen molar-refractivity contribution in [3.63, 3.8) is 0 Å². The summed E-state index contributed by atoms with van der Waals surface area (Å²) in [5, 5.41) is 13.0. The average Bonchev–Trinajstić information content (AvgIpc) is 3.30. The smallest absolute Gasteiger partial charge is 0.233 e. The maximum atomic E-state index is 6.29. The maximum Gasteiger partial charge on any atom is 0.233 e. The molecule has 152 valence electrons. The summed E-state index contributed by atoms with van der Waals surface area (Å²) in [5.74, 6) is 2.04. The first-order chi connectivity index (χ1) is 13.3. The molecule has 4 rings (SSSR count). The molecule has 3 heterocycles. The van der Waals surface area contributed by atoms with Crippen LogP contribution in [-0.2, 0) is 7.05 Å². The standard InChI is InChI=1S/C22H33N5O/c1-15-12-23-26(5)21(15)18-7-9-20(25-24-18)28-19-8-6-16-13-27(14-17(16)19)11-10-22(2,3)4/h7,9,12,16-17,19H,6,8,10-11,13-14H2,1-5H3. The minimum atomic E-state index is 0.267. The Balaban J connectivity index is 1.37. The van der Waals surface area contributed by atoms with Gasteiger partial charge in [0.1, 0.15) is 11.8 Å². The molecule has 2 aliphatic rings. The summed E-state index contributed by atoms with van der Waals surface area (Å²) >= 11 is 0. The summed E-state index contributed by atoms with van der Waals surface area (Å²) in [7, 11) is 1.93. The van der Waals surface area contributed by atoms with E-state index in [0.717, 1.165) is 35.8 Å². The van der Waals surface area contributed by atoms with Crippen molar-refractivity contribution in [1.82, 2.24) is 24.9 Å². The molecule has 0 amide bonds. The molecule has 0 N–H and O–H groups in total. The number of ether oxygens (including phenoxy) is 1. The third kappa shape index (κ3) is 4.07. The predicted octanol–water partition coefficient (Wildman–Crippen LogP) is 3.71. The van der Waals surface area contributed by atoms with Crippen molar-refractivity contribution in [2.75, 3.05) is 19.6 Å². The number of nitrogens with zero attached hydrogens (tertiary/aromatic N) is 5. The Hall–Kier alpha value is -1.95. The Morgan fingerprint density at radius 1 is 1.14 bits per heavy atom. The van der Waals surface area contributed by atoms with Crippen molar-refractivity contribution in [3.8, 4) is 17.3 Å². The Morgan fingerprint density at radius 3 is 2.61 bits per heavy atom. The van der Waals surface area contributed by atoms with Crippen molar-refractivity contribution in [2.24, 2.45) is 24.3 Å². The molecule has 1 aliphatic heterocycles. The molecule has 2 aromatic heterocycles. The number of fused-ring (bicyclic) bond motifs is 1. The Kier molecular flexibility index (Phi) is 5.17. The van der Waals surface area contributed by atoms with E-state index in [0.29, 0.717) is 17.2 Å². The van der Waals surface area contributed by atoms with Gasteiger partial charge in [0.25, 0.3) is 0 Å². The molecule has 2 fully saturated rings. The summed E-state index contributed by atoms with van der Waals surface area (Å²) in [4.78, 5) is 2.63. The molecule has 3 atom stereocenters. The van der Waals surface area contributed by atoms with Crippen molar-refractivity contribution in [2.45, 2.75) is 53.1 Å². The topological polar surface area (TPSA) is 56.1 Å². The molecule has 28 heavy (non-hydrogen) atoms. The van der Waals surface area contributed by atoms with Crippen LogP contribution >= 0.6 is 0 Å². The van der Waals surface area contributed by atoms with Gasteiger partial charge in [0.15, 0.2) is 0 Å². The third-order valence-corrected chi connectivity index (χ3v) is 6.32. The van der Waals surface area contributed by atoms with Crippen molar-refractivity contribution < 1.29 is 4.74 Å². The molecule has 1 saturated carbocycles. The van der Waals surface area contributed by atoms with E-state index in [-0.39, 0.29) is 6.10 Å². The normalized spacial score (nSPS) is 25.2. The highest BCUT2D eigenvalue weighted by molar-refractivity contribution is 5.58. The third-order valence-electron chi connectivity index (χ3n) is 6.32. The monoisotopic (exact) mass is 383 g/mol. The second-order valence-corrected chi connectivity index (χ2v) is 9.78. The van der Waals surface area contributed by atoms with Gasteiger partial charge in [-0.15, -0.1) is 10.2 Å². The number of aromatic nitrogens is 4. The lowest BCUT2D eigenvalue weighted by Gasteiger charge is -2.25. The van der Waals surface area contributed by atoms with Gasteiger partial charge in [-0.2, -0.15) is 5.10 Å². The number of hydrogen-bond donors (Lipinski definition) is 0. The fourth-order valence-electron chi connectivity index (χ4n) is 4.71. The quantitative estimate of drug-likeness (QED) is 0.788. The molecule has 2 aromatic rings. The first kappa shape index (κ1) is 19.4. The summed E-state index contributed by atoms with van der Waals surface area (Å²) in [6, 6.07) is 3.94. The molecule has 1 saturated heterocycles. The molecule has 0 aromatic carbocycles. The van der Waals surface area contributed by atoms with Crippen LogP contribution in [0.15, 0.2) is 18.3 Å². The van der Waals surface area contributed by atoms with E-state index >= 15 is 0 Å². The van der Waals surface area contributed by atoms with Gasteiger partial charge >= 0.3 is 0 Å². The van der Waals surface area contributed by atoms with E-state index < -0.39 is 0 Å². The number of hydrogen-bond acceptors (Lipinski definition) is 5. The zero-order chi connectivity index (χ0) is 19.9. The van der Waals surface area contributed by atoms with E-state index in [4.69, 9.17) is 4.74 Å². The molecular weight excluding hydrogens is 350 g/mol. The summed E-state index contributed by atoms with van der Waals surface area (Å²) in [6.45, 7) is 12.6. The molecular formula is C22H33N5O. The van der Waals surface area contributed by atoms with Gasteiger partial charge in [0.2, 0.25) is 5.88 Å². The van der Waals surface area contributed by atoms with Crippen LogP contribution in [0.2, 0.25) is 0 Å². The van der Waals surface area contributed by atoms with Gasteiger partial charge in [-0.3, -0.25) is 4.68 Å². The summed E-state index contributed by atoms with van der Waals surface area (Å²) < 4.78 is 8.13. The highest BCUT2D eigenvalue weighted by Gasteiger charge is 2.44. The largest absolute Gasteiger partial charge is 0.473 e. The van der Waals surface area contributed by atoms with Gasteiger partial charge in [-0.05, 0) is 55.7 Å². The number of aryl methyl sites for hydroxylation is 2. The van der Waals surface area contributed by atoms with Crippen molar-refractivity contribution in [1.29, 1.82) is 0 Å². The van der Waals surface area contributed by atoms with Crippen LogP contribution < -0.4 is 4.74 Å². The van der Waals surface area contributed by atoms with Crippen LogP contribution in [0.5, 0.6) is 5.88 Å². The van der Waals surface area contributed by atoms with Crippen LogP contribution in [0, 0.1) is 24.2 Å². The van der Waals surface area contributed by atoms with E-state index in [1.54, 1.807) is 0 Å². The zero-order valence-electron chi connectivity index (χ0n) is 17.9. The molecule has 1 aliphatic carbocycles. The fourth-order valence-corrected chi connectivity index (χ4v) is 4.71. The van der Waals surface area contributed by atoms with E-state index in [2.05, 4.69) is 41.0 Å². The number of rotatable bonds is 5. The first-order valence-electron chi connectivity index (χ1n) is 10.5. The van der Waals surface area contributed by atoms with Crippen LogP contribution in [0.25, 0.3) is 11.4 Å². The summed E-state index contributed by atoms with van der Waals surface area (Å²) in [6.07, 6.45) is 5.76. The lowest BCUT2D eigenvalue weighted by atomic mass is 9.92. The van der Waals surface area contributed by atoms with Crippen LogP contribution in [0.3, 0.4) is 0 Å². The lowest BCUT2D eigenvalue weighted by Crippen LogP contribution is -2.30. The Labute approximate surface area is 168 Å². The molecule has 0 spiro atoms. The van der Waals surface area contributed by atoms with Crippen molar-refractivity contribution in [3.05, 3.63) is 23.9 Å². The minimum Gasteiger partial charge on any atom is -0.473 e. The van der Waals surface area contributed by atoms with E-state index in [1.807, 2.05) is 37.0 Å². The van der Waals surface area contributed by atoms with E-state index in [1.165, 1.54) is 25.9 Å². The fraction of sp³-hybridized carbons (Fsp3) is 0.682. The average molecular weight is 384 g/mol.